The van der Waals surface area contributed by atoms with E-state index in [4.69, 9.17) is 4.74 Å². The number of rotatable bonds is 5. The van der Waals surface area contributed by atoms with Crippen molar-refractivity contribution < 1.29 is 9.53 Å². The lowest BCUT2D eigenvalue weighted by Crippen LogP contribution is -2.13. The van der Waals surface area contributed by atoms with Gasteiger partial charge in [-0.05, 0) is 48.4 Å². The van der Waals surface area contributed by atoms with Gasteiger partial charge in [0.1, 0.15) is 18.2 Å². The molecule has 0 fully saturated rings. The van der Waals surface area contributed by atoms with E-state index in [0.29, 0.717) is 18.0 Å². The maximum atomic E-state index is 12.3. The van der Waals surface area contributed by atoms with Crippen molar-refractivity contribution in [3.05, 3.63) is 89.6 Å². The highest BCUT2D eigenvalue weighted by molar-refractivity contribution is 6.04. The molecule has 0 atom stereocenters. The Bertz CT molecular complexity index is 815. The molecule has 3 rings (SSSR count). The molecule has 4 nitrogen and oxygen atoms in total. The maximum Gasteiger partial charge on any atom is 0.256 e. The summed E-state index contributed by atoms with van der Waals surface area (Å²) in [6, 6.07) is 20.8. The van der Waals surface area contributed by atoms with Crippen LogP contribution in [0.2, 0.25) is 0 Å². The van der Waals surface area contributed by atoms with Crippen molar-refractivity contribution in [3.8, 4) is 5.75 Å². The van der Waals surface area contributed by atoms with Crippen LogP contribution in [0, 0.1) is 6.92 Å². The highest BCUT2D eigenvalue weighted by Gasteiger charge is 2.08. The number of benzene rings is 2. The van der Waals surface area contributed by atoms with E-state index in [1.165, 1.54) is 0 Å². The van der Waals surface area contributed by atoms with E-state index in [9.17, 15) is 4.79 Å². The van der Waals surface area contributed by atoms with E-state index < -0.39 is 0 Å². The number of anilines is 1. The molecule has 0 radical (unpaired) electrons. The van der Waals surface area contributed by atoms with Crippen LogP contribution in [-0.2, 0) is 6.61 Å². The van der Waals surface area contributed by atoms with Gasteiger partial charge < -0.3 is 10.1 Å². The predicted octanol–water partition coefficient (Wildman–Crippen LogP) is 4.22. The van der Waals surface area contributed by atoms with Gasteiger partial charge in [0.2, 0.25) is 0 Å². The Morgan fingerprint density at radius 1 is 1.00 bits per heavy atom. The molecule has 4 heteroatoms. The van der Waals surface area contributed by atoms with Crippen molar-refractivity contribution in [1.82, 2.24) is 4.98 Å². The Morgan fingerprint density at radius 3 is 2.46 bits per heavy atom. The minimum absolute atomic E-state index is 0.189. The highest BCUT2D eigenvalue weighted by Crippen LogP contribution is 2.16. The zero-order valence-corrected chi connectivity index (χ0v) is 13.4. The summed E-state index contributed by atoms with van der Waals surface area (Å²) in [4.78, 5) is 16.4. The summed E-state index contributed by atoms with van der Waals surface area (Å²) in [6.45, 7) is 2.41. The molecule has 1 heterocycles. The average Bonchev–Trinajstić information content (AvgIpc) is 2.63. The first-order valence-corrected chi connectivity index (χ1v) is 7.72. The number of pyridine rings is 1. The lowest BCUT2D eigenvalue weighted by Gasteiger charge is -2.09. The van der Waals surface area contributed by atoms with Crippen LogP contribution >= 0.6 is 0 Å². The zero-order valence-electron chi connectivity index (χ0n) is 13.4. The third-order valence-electron chi connectivity index (χ3n) is 3.61. The molecule has 2 aromatic carbocycles. The number of carbonyl (C=O) groups is 1. The molecule has 1 amide bonds. The number of ether oxygens (including phenoxy) is 1. The third-order valence-corrected chi connectivity index (χ3v) is 3.61. The molecule has 0 aliphatic rings. The number of amides is 1. The van der Waals surface area contributed by atoms with Crippen LogP contribution in [0.4, 0.5) is 5.82 Å². The van der Waals surface area contributed by atoms with Crippen LogP contribution in [0.15, 0.2) is 72.9 Å². The number of nitrogens with zero attached hydrogens (tertiary/aromatic N) is 1. The summed E-state index contributed by atoms with van der Waals surface area (Å²) in [5.41, 5.74) is 2.59. The van der Waals surface area contributed by atoms with Crippen LogP contribution in [0.3, 0.4) is 0 Å². The molecule has 120 valence electrons. The molecule has 0 aliphatic heterocycles. The Labute approximate surface area is 141 Å². The first-order chi connectivity index (χ1) is 11.7. The first-order valence-electron chi connectivity index (χ1n) is 7.72. The number of hydrogen-bond donors (Lipinski definition) is 1. The fourth-order valence-corrected chi connectivity index (χ4v) is 2.24. The van der Waals surface area contributed by atoms with Gasteiger partial charge in [-0.15, -0.1) is 0 Å². The fourth-order valence-electron chi connectivity index (χ4n) is 2.24. The number of aromatic nitrogens is 1. The van der Waals surface area contributed by atoms with E-state index in [1.807, 2.05) is 49.4 Å². The molecular formula is C20H18N2O2. The molecule has 0 aliphatic carbocycles. The summed E-state index contributed by atoms with van der Waals surface area (Å²) >= 11 is 0. The van der Waals surface area contributed by atoms with Crippen molar-refractivity contribution in [3.63, 3.8) is 0 Å². The second-order valence-corrected chi connectivity index (χ2v) is 5.42. The van der Waals surface area contributed by atoms with E-state index in [1.54, 1.807) is 30.5 Å². The van der Waals surface area contributed by atoms with Gasteiger partial charge in [0, 0.05) is 11.8 Å². The summed E-state index contributed by atoms with van der Waals surface area (Å²) in [7, 11) is 0. The fraction of sp³-hybridized carbons (Fsp3) is 0.100. The van der Waals surface area contributed by atoms with Crippen LogP contribution in [0.1, 0.15) is 21.5 Å². The van der Waals surface area contributed by atoms with Gasteiger partial charge in [-0.2, -0.15) is 0 Å². The first kappa shape index (κ1) is 15.7. The van der Waals surface area contributed by atoms with Gasteiger partial charge in [-0.25, -0.2) is 4.98 Å². The van der Waals surface area contributed by atoms with Crippen molar-refractivity contribution in [2.75, 3.05) is 5.32 Å². The predicted molar refractivity (Wildman–Crippen MR) is 94.1 cm³/mol. The second-order valence-electron chi connectivity index (χ2n) is 5.42. The molecule has 0 spiro atoms. The van der Waals surface area contributed by atoms with Crippen LogP contribution in [0.5, 0.6) is 5.75 Å². The summed E-state index contributed by atoms with van der Waals surface area (Å²) < 4.78 is 5.72. The Hall–Kier alpha value is -3.14. The highest BCUT2D eigenvalue weighted by atomic mass is 16.5. The number of aryl methyl sites for hydroxylation is 1. The van der Waals surface area contributed by atoms with Gasteiger partial charge in [0.25, 0.3) is 5.91 Å². The maximum absolute atomic E-state index is 12.3. The lowest BCUT2D eigenvalue weighted by molar-refractivity contribution is 0.102. The SMILES string of the molecule is Cc1cccnc1NC(=O)c1ccc(OCc2ccccc2)cc1. The largest absolute Gasteiger partial charge is 0.489 e. The summed E-state index contributed by atoms with van der Waals surface area (Å²) in [6.07, 6.45) is 1.66. The monoisotopic (exact) mass is 318 g/mol. The topological polar surface area (TPSA) is 51.2 Å². The Balaban J connectivity index is 1.61. The van der Waals surface area contributed by atoms with Gasteiger partial charge >= 0.3 is 0 Å². The molecule has 1 N–H and O–H groups in total. The van der Waals surface area contributed by atoms with Gasteiger partial charge in [0.15, 0.2) is 0 Å². The quantitative estimate of drug-likeness (QED) is 0.766. The van der Waals surface area contributed by atoms with E-state index in [2.05, 4.69) is 10.3 Å². The average molecular weight is 318 g/mol. The number of nitrogens with one attached hydrogen (secondary N) is 1. The molecule has 0 saturated heterocycles. The second kappa shape index (κ2) is 7.42. The van der Waals surface area contributed by atoms with E-state index >= 15 is 0 Å². The van der Waals surface area contributed by atoms with Crippen LogP contribution < -0.4 is 10.1 Å². The number of hydrogen-bond acceptors (Lipinski definition) is 3. The summed E-state index contributed by atoms with van der Waals surface area (Å²) in [5.74, 6) is 1.11. The lowest BCUT2D eigenvalue weighted by atomic mass is 10.2. The van der Waals surface area contributed by atoms with Crippen molar-refractivity contribution in [2.45, 2.75) is 13.5 Å². The number of carbonyl (C=O) groups excluding carboxylic acids is 1. The molecule has 0 unspecified atom stereocenters. The Kier molecular flexibility index (Phi) is 4.87. The Morgan fingerprint density at radius 2 is 1.75 bits per heavy atom. The van der Waals surface area contributed by atoms with Crippen LogP contribution in [0.25, 0.3) is 0 Å². The van der Waals surface area contributed by atoms with Gasteiger partial charge in [-0.1, -0.05) is 36.4 Å². The van der Waals surface area contributed by atoms with Gasteiger partial charge in [-0.3, -0.25) is 4.79 Å². The van der Waals surface area contributed by atoms with E-state index in [0.717, 1.165) is 16.9 Å². The minimum atomic E-state index is -0.189. The molecule has 24 heavy (non-hydrogen) atoms. The van der Waals surface area contributed by atoms with Gasteiger partial charge in [0.05, 0.1) is 0 Å². The van der Waals surface area contributed by atoms with Crippen molar-refractivity contribution >= 4 is 11.7 Å². The van der Waals surface area contributed by atoms with Crippen molar-refractivity contribution in [2.24, 2.45) is 0 Å². The van der Waals surface area contributed by atoms with E-state index in [-0.39, 0.29) is 5.91 Å². The standard InChI is InChI=1S/C20H18N2O2/c1-15-6-5-13-21-19(15)22-20(23)17-9-11-18(12-10-17)24-14-16-7-3-2-4-8-16/h2-13H,14H2,1H3,(H,21,22,23). The summed E-state index contributed by atoms with van der Waals surface area (Å²) in [5, 5.41) is 2.81. The smallest absolute Gasteiger partial charge is 0.256 e. The zero-order chi connectivity index (χ0) is 16.8. The molecule has 0 bridgehead atoms. The normalized spacial score (nSPS) is 10.2. The molecular weight excluding hydrogens is 300 g/mol. The molecule has 3 aromatic rings. The molecule has 0 saturated carbocycles. The third kappa shape index (κ3) is 3.98. The minimum Gasteiger partial charge on any atom is -0.489 e. The molecule has 1 aromatic heterocycles. The van der Waals surface area contributed by atoms with Crippen LogP contribution in [-0.4, -0.2) is 10.9 Å². The van der Waals surface area contributed by atoms with Crippen molar-refractivity contribution in [1.29, 1.82) is 0 Å².